The lowest BCUT2D eigenvalue weighted by molar-refractivity contribution is -0.134. The van der Waals surface area contributed by atoms with Crippen LogP contribution in [0.4, 0.5) is 4.39 Å². The molecule has 0 aliphatic heterocycles. The van der Waals surface area contributed by atoms with Gasteiger partial charge in [-0.2, -0.15) is 0 Å². The van der Waals surface area contributed by atoms with Gasteiger partial charge in [0.1, 0.15) is 5.82 Å². The minimum atomic E-state index is -0.350. The van der Waals surface area contributed by atoms with Crippen LogP contribution in [-0.4, -0.2) is 19.6 Å². The van der Waals surface area contributed by atoms with E-state index in [2.05, 4.69) is 22.2 Å². The standard InChI is InChI=1S/C21H22FNO2/c1-25-21(24)10-6-16-5-8-19-17(13-16)7-9-20(19)23-12-11-15-3-2-4-18(22)14-15/h2-6,8,10,13-14,20,23H,7,9,11-12H2,1H3. The van der Waals surface area contributed by atoms with Gasteiger partial charge in [-0.05, 0) is 66.3 Å². The van der Waals surface area contributed by atoms with Gasteiger partial charge in [0.15, 0.2) is 0 Å². The highest BCUT2D eigenvalue weighted by Gasteiger charge is 2.21. The van der Waals surface area contributed by atoms with E-state index < -0.39 is 0 Å². The molecule has 0 fully saturated rings. The minimum Gasteiger partial charge on any atom is -0.466 e. The number of rotatable bonds is 6. The highest BCUT2D eigenvalue weighted by Crippen LogP contribution is 2.32. The number of fused-ring (bicyclic) bond motifs is 1. The van der Waals surface area contributed by atoms with Crippen molar-refractivity contribution in [1.82, 2.24) is 5.32 Å². The van der Waals surface area contributed by atoms with Crippen molar-refractivity contribution >= 4 is 12.0 Å². The number of aryl methyl sites for hydroxylation is 1. The van der Waals surface area contributed by atoms with Gasteiger partial charge in [-0.1, -0.05) is 30.3 Å². The molecule has 1 aliphatic carbocycles. The van der Waals surface area contributed by atoms with Crippen molar-refractivity contribution < 1.29 is 13.9 Å². The Morgan fingerprint density at radius 3 is 3.00 bits per heavy atom. The molecular weight excluding hydrogens is 317 g/mol. The molecule has 3 nitrogen and oxygen atoms in total. The fourth-order valence-electron chi connectivity index (χ4n) is 3.27. The second kappa shape index (κ2) is 8.08. The molecule has 0 spiro atoms. The van der Waals surface area contributed by atoms with Crippen LogP contribution in [0.2, 0.25) is 0 Å². The van der Waals surface area contributed by atoms with Gasteiger partial charge in [0.05, 0.1) is 7.11 Å². The molecule has 3 rings (SSSR count). The second-order valence-corrected chi connectivity index (χ2v) is 6.24. The largest absolute Gasteiger partial charge is 0.466 e. The summed E-state index contributed by atoms with van der Waals surface area (Å²) in [5, 5.41) is 3.57. The Morgan fingerprint density at radius 2 is 2.20 bits per heavy atom. The number of carbonyl (C=O) groups is 1. The maximum Gasteiger partial charge on any atom is 0.330 e. The molecule has 1 aliphatic rings. The van der Waals surface area contributed by atoms with Crippen LogP contribution in [0.1, 0.15) is 34.7 Å². The lowest BCUT2D eigenvalue weighted by Crippen LogP contribution is -2.21. The molecule has 1 N–H and O–H groups in total. The summed E-state index contributed by atoms with van der Waals surface area (Å²) in [4.78, 5) is 11.2. The summed E-state index contributed by atoms with van der Waals surface area (Å²) in [6.07, 6.45) is 6.10. The summed E-state index contributed by atoms with van der Waals surface area (Å²) in [6, 6.07) is 13.4. The average Bonchev–Trinajstić information content (AvgIpc) is 3.02. The van der Waals surface area contributed by atoms with E-state index in [0.717, 1.165) is 36.9 Å². The molecule has 0 saturated heterocycles. The summed E-state index contributed by atoms with van der Waals surface area (Å²) < 4.78 is 17.8. The molecule has 0 amide bonds. The molecule has 0 heterocycles. The summed E-state index contributed by atoms with van der Waals surface area (Å²) in [6.45, 7) is 0.817. The van der Waals surface area contributed by atoms with Gasteiger partial charge in [0, 0.05) is 12.1 Å². The van der Waals surface area contributed by atoms with Gasteiger partial charge >= 0.3 is 5.97 Å². The molecule has 0 radical (unpaired) electrons. The number of benzene rings is 2. The van der Waals surface area contributed by atoms with E-state index in [9.17, 15) is 9.18 Å². The third kappa shape index (κ3) is 4.54. The molecule has 0 aromatic heterocycles. The fourth-order valence-corrected chi connectivity index (χ4v) is 3.27. The summed E-state index contributed by atoms with van der Waals surface area (Å²) in [7, 11) is 1.37. The van der Waals surface area contributed by atoms with Crippen LogP contribution in [-0.2, 0) is 22.4 Å². The smallest absolute Gasteiger partial charge is 0.330 e. The Balaban J connectivity index is 1.58. The summed E-state index contributed by atoms with van der Waals surface area (Å²) in [5.74, 6) is -0.534. The maximum atomic E-state index is 13.2. The minimum absolute atomic E-state index is 0.184. The van der Waals surface area contributed by atoms with E-state index in [1.165, 1.54) is 30.4 Å². The van der Waals surface area contributed by atoms with Gasteiger partial charge in [0.2, 0.25) is 0 Å². The van der Waals surface area contributed by atoms with Crippen molar-refractivity contribution in [2.45, 2.75) is 25.3 Å². The van der Waals surface area contributed by atoms with Crippen LogP contribution in [0.3, 0.4) is 0 Å². The lowest BCUT2D eigenvalue weighted by Gasteiger charge is -2.14. The first-order valence-corrected chi connectivity index (χ1v) is 8.52. The van der Waals surface area contributed by atoms with E-state index >= 15 is 0 Å². The van der Waals surface area contributed by atoms with Crippen LogP contribution in [0.15, 0.2) is 48.5 Å². The first-order valence-electron chi connectivity index (χ1n) is 8.52. The van der Waals surface area contributed by atoms with Crippen LogP contribution in [0.25, 0.3) is 6.08 Å². The zero-order valence-corrected chi connectivity index (χ0v) is 14.3. The zero-order valence-electron chi connectivity index (χ0n) is 14.3. The van der Waals surface area contributed by atoms with E-state index in [4.69, 9.17) is 0 Å². The van der Waals surface area contributed by atoms with Crippen molar-refractivity contribution in [3.05, 3.63) is 76.6 Å². The lowest BCUT2D eigenvalue weighted by atomic mass is 10.0. The summed E-state index contributed by atoms with van der Waals surface area (Å²) in [5.41, 5.74) is 4.64. The number of methoxy groups -OCH3 is 1. The molecule has 4 heteroatoms. The molecule has 1 atom stereocenters. The van der Waals surface area contributed by atoms with Crippen molar-refractivity contribution in [1.29, 1.82) is 0 Å². The Labute approximate surface area is 147 Å². The molecule has 130 valence electrons. The molecular formula is C21H22FNO2. The predicted molar refractivity (Wildman–Crippen MR) is 96.7 cm³/mol. The van der Waals surface area contributed by atoms with Crippen LogP contribution in [0.5, 0.6) is 0 Å². The topological polar surface area (TPSA) is 38.3 Å². The van der Waals surface area contributed by atoms with Crippen LogP contribution < -0.4 is 5.32 Å². The van der Waals surface area contributed by atoms with Gasteiger partial charge in [-0.15, -0.1) is 0 Å². The first kappa shape index (κ1) is 17.4. The fraction of sp³-hybridized carbons (Fsp3) is 0.286. The monoisotopic (exact) mass is 339 g/mol. The van der Waals surface area contributed by atoms with Gasteiger partial charge in [-0.25, -0.2) is 9.18 Å². The van der Waals surface area contributed by atoms with E-state index in [0.29, 0.717) is 6.04 Å². The quantitative estimate of drug-likeness (QED) is 0.642. The van der Waals surface area contributed by atoms with E-state index in [1.807, 2.05) is 12.1 Å². The van der Waals surface area contributed by atoms with Gasteiger partial charge < -0.3 is 10.1 Å². The SMILES string of the molecule is COC(=O)C=Cc1ccc2c(c1)CCC2NCCc1cccc(F)c1. The number of ether oxygens (including phenoxy) is 1. The maximum absolute atomic E-state index is 13.2. The zero-order chi connectivity index (χ0) is 17.6. The van der Waals surface area contributed by atoms with Crippen molar-refractivity contribution in [3.8, 4) is 0 Å². The Morgan fingerprint density at radius 1 is 1.32 bits per heavy atom. The van der Waals surface area contributed by atoms with Crippen LogP contribution >= 0.6 is 0 Å². The third-order valence-electron chi connectivity index (χ3n) is 4.55. The van der Waals surface area contributed by atoms with E-state index in [-0.39, 0.29) is 11.8 Å². The Hall–Kier alpha value is -2.46. The number of carbonyl (C=O) groups excluding carboxylic acids is 1. The Kier molecular flexibility index (Phi) is 5.61. The number of esters is 1. The van der Waals surface area contributed by atoms with E-state index in [1.54, 1.807) is 18.2 Å². The summed E-state index contributed by atoms with van der Waals surface area (Å²) >= 11 is 0. The van der Waals surface area contributed by atoms with Crippen molar-refractivity contribution in [2.24, 2.45) is 0 Å². The van der Waals surface area contributed by atoms with Crippen molar-refractivity contribution in [2.75, 3.05) is 13.7 Å². The van der Waals surface area contributed by atoms with Crippen molar-refractivity contribution in [3.63, 3.8) is 0 Å². The highest BCUT2D eigenvalue weighted by atomic mass is 19.1. The number of nitrogens with one attached hydrogen (secondary N) is 1. The number of hydrogen-bond donors (Lipinski definition) is 1. The molecule has 2 aromatic rings. The number of hydrogen-bond acceptors (Lipinski definition) is 3. The van der Waals surface area contributed by atoms with Crippen LogP contribution in [0, 0.1) is 5.82 Å². The third-order valence-corrected chi connectivity index (χ3v) is 4.55. The Bertz CT molecular complexity index is 785. The normalized spacial score (nSPS) is 16.2. The molecule has 2 aromatic carbocycles. The highest BCUT2D eigenvalue weighted by molar-refractivity contribution is 5.86. The molecule has 1 unspecified atom stereocenters. The first-order chi connectivity index (χ1) is 12.2. The van der Waals surface area contributed by atoms with Gasteiger partial charge in [-0.3, -0.25) is 0 Å². The average molecular weight is 339 g/mol. The van der Waals surface area contributed by atoms with Gasteiger partial charge in [0.25, 0.3) is 0 Å². The number of halogens is 1. The predicted octanol–water partition coefficient (Wildman–Crippen LogP) is 3.83. The molecule has 0 bridgehead atoms. The second-order valence-electron chi connectivity index (χ2n) is 6.24. The molecule has 25 heavy (non-hydrogen) atoms. The molecule has 0 saturated carbocycles.